The highest BCUT2D eigenvalue weighted by Crippen LogP contribution is 2.38. The summed E-state index contributed by atoms with van der Waals surface area (Å²) in [6.45, 7) is 3.19. The molecule has 0 aliphatic carbocycles. The second-order valence-electron chi connectivity index (χ2n) is 8.38. The van der Waals surface area contributed by atoms with E-state index >= 15 is 0 Å². The first-order valence-corrected chi connectivity index (χ1v) is 16.6. The highest BCUT2D eigenvalue weighted by atomic mass is 32.3. The fourth-order valence-corrected chi connectivity index (χ4v) is 10.5. The molecule has 2 aliphatic heterocycles. The van der Waals surface area contributed by atoms with Crippen LogP contribution in [-0.4, -0.2) is 93.2 Å². The van der Waals surface area contributed by atoms with Crippen LogP contribution >= 0.6 is 0 Å². The third-order valence-corrected chi connectivity index (χ3v) is 10.6. The lowest BCUT2D eigenvalue weighted by Crippen LogP contribution is -2.47. The maximum absolute atomic E-state index is 13.8. The van der Waals surface area contributed by atoms with Gasteiger partial charge in [0.2, 0.25) is 11.8 Å². The van der Waals surface area contributed by atoms with Crippen molar-refractivity contribution < 1.29 is 70.2 Å². The van der Waals surface area contributed by atoms with Crippen LogP contribution in [0, 0.1) is 0 Å². The van der Waals surface area contributed by atoms with Crippen molar-refractivity contribution in [1.29, 1.82) is 0 Å². The molecule has 272 valence electrons. The van der Waals surface area contributed by atoms with Crippen molar-refractivity contribution in [2.24, 2.45) is 0 Å². The Morgan fingerprint density at radius 1 is 0.581 bits per heavy atom. The fraction of sp³-hybridized carbons (Fsp3) is 1.00. The Hall–Kier alpha value is -0.880. The zero-order valence-electron chi connectivity index (χ0n) is 22.5. The van der Waals surface area contributed by atoms with Crippen LogP contribution in [0.15, 0.2) is 0 Å². The highest BCUT2D eigenvalue weighted by Gasteiger charge is 2.47. The molecule has 0 aromatic rings. The number of alkyl halides is 8. The minimum Gasteiger partial charge on any atom is -0.436 e. The summed E-state index contributed by atoms with van der Waals surface area (Å²) in [5.41, 5.74) is -5.98. The van der Waals surface area contributed by atoms with Gasteiger partial charge in [0.1, 0.15) is 11.3 Å². The van der Waals surface area contributed by atoms with Crippen molar-refractivity contribution in [3.05, 3.63) is 8.25 Å². The van der Waals surface area contributed by atoms with Crippen molar-refractivity contribution in [2.45, 2.75) is 93.4 Å². The van der Waals surface area contributed by atoms with E-state index < -0.39 is 99.1 Å². The maximum Gasteiger partial charge on any atom is 1.00 e. The summed E-state index contributed by atoms with van der Waals surface area (Å²) in [5.74, 6) is -12.3. The number of quaternary nitrogens is 1. The molecule has 0 aromatic heterocycles. The van der Waals surface area contributed by atoms with Crippen LogP contribution in [0.4, 0.5) is 35.1 Å². The number of rotatable bonds is 4. The van der Waals surface area contributed by atoms with Gasteiger partial charge in [0.15, 0.2) is 0 Å². The zero-order chi connectivity index (χ0) is 31.1. The molecule has 2 fully saturated rings. The van der Waals surface area contributed by atoms with E-state index in [0.29, 0.717) is 13.8 Å². The lowest BCUT2D eigenvalue weighted by Gasteiger charge is -2.37. The van der Waals surface area contributed by atoms with Crippen molar-refractivity contribution in [2.75, 3.05) is 36.4 Å². The zero-order valence-corrected chi connectivity index (χ0v) is 24.7. The standard InChI is InChI=1S/2C6H9F3NO4S2.2C2H5F.4CH4.H3N/c2*1-5(7,8)2-6(9)3-15(11,12)10-16(13,14)4-6;2*1-2-3;;;;;/h2*2-4H2,1H3;2*2H2,1H3;4*1H4;1H3/q2*-1;;;;;;;/p+2. The molecule has 23 heteroatoms. The van der Waals surface area contributed by atoms with Gasteiger partial charge in [0, 0.05) is 12.8 Å². The van der Waals surface area contributed by atoms with Crippen molar-refractivity contribution in [3.63, 3.8) is 0 Å². The van der Waals surface area contributed by atoms with Crippen LogP contribution in [0.1, 0.15) is 71.7 Å². The first kappa shape index (κ1) is 57.7. The summed E-state index contributed by atoms with van der Waals surface area (Å²) in [7, 11) is -18.2. The van der Waals surface area contributed by atoms with E-state index in [0.717, 1.165) is 0 Å². The van der Waals surface area contributed by atoms with Crippen LogP contribution < -0.4 is 6.15 Å². The summed E-state index contributed by atoms with van der Waals surface area (Å²) in [5, 5.41) is 0. The molecule has 4 N–H and O–H groups in total. The number of hydrogen-bond acceptors (Lipinski definition) is 8. The smallest absolute Gasteiger partial charge is 0.436 e. The Bertz CT molecular complexity index is 1040. The Labute approximate surface area is 254 Å². The van der Waals surface area contributed by atoms with E-state index in [4.69, 9.17) is 0 Å². The van der Waals surface area contributed by atoms with Crippen molar-refractivity contribution >= 4 is 40.1 Å². The van der Waals surface area contributed by atoms with E-state index in [9.17, 15) is 68.8 Å². The normalized spacial score (nSPS) is 21.3. The van der Waals surface area contributed by atoms with Crippen molar-refractivity contribution in [3.8, 4) is 0 Å². The molecular formula is C20H49F8N3O8S4. The number of halogens is 8. The lowest BCUT2D eigenvalue weighted by atomic mass is 10.0. The largest absolute Gasteiger partial charge is 1.00 e. The molecule has 0 amide bonds. The van der Waals surface area contributed by atoms with Crippen LogP contribution in [0.5, 0.6) is 0 Å². The molecule has 0 saturated carbocycles. The molecule has 43 heavy (non-hydrogen) atoms. The first-order chi connectivity index (χ1) is 16.5. The molecule has 2 heterocycles. The predicted molar refractivity (Wildman–Crippen MR) is 157 cm³/mol. The van der Waals surface area contributed by atoms with Crippen LogP contribution in [0.3, 0.4) is 0 Å². The van der Waals surface area contributed by atoms with Crippen LogP contribution in [0.25, 0.3) is 8.25 Å². The number of hydrogen-bond donors (Lipinski definition) is 1. The van der Waals surface area contributed by atoms with Crippen LogP contribution in [-0.2, 0) is 40.1 Å². The fourth-order valence-electron chi connectivity index (χ4n) is 3.16. The van der Waals surface area contributed by atoms with E-state index in [2.05, 4.69) is 8.25 Å². The van der Waals surface area contributed by atoms with E-state index in [1.807, 2.05) is 0 Å². The van der Waals surface area contributed by atoms with Gasteiger partial charge in [-0.3, -0.25) is 8.78 Å². The Morgan fingerprint density at radius 2 is 0.721 bits per heavy atom. The second kappa shape index (κ2) is 20.3. The highest BCUT2D eigenvalue weighted by molar-refractivity contribution is 8.13. The van der Waals surface area contributed by atoms with Gasteiger partial charge in [-0.25, -0.2) is 60.0 Å². The quantitative estimate of drug-likeness (QED) is 0.312. The van der Waals surface area contributed by atoms with E-state index in [1.165, 1.54) is 13.8 Å². The molecule has 0 aromatic carbocycles. The van der Waals surface area contributed by atoms with Crippen LogP contribution in [0.2, 0.25) is 0 Å². The van der Waals surface area contributed by atoms with Gasteiger partial charge in [0.05, 0.1) is 76.5 Å². The van der Waals surface area contributed by atoms with Gasteiger partial charge in [-0.05, 0) is 27.7 Å². The minimum absolute atomic E-state index is 0. The predicted octanol–water partition coefficient (Wildman–Crippen LogP) is 6.56. The SMILES string of the molecule is C.C.C.C.CC(F)(F)CC1(F)CS(=O)(=O)[N-]S(=O)(=O)C1.CC(F)(F)CC1(F)CS(=O)(=O)[N-]S(=O)(=O)C1.CCF.CCF.[H+].[NH4+]. The summed E-state index contributed by atoms with van der Waals surface area (Å²) >= 11 is 0. The molecular weight excluding hydrogens is 690 g/mol. The molecule has 0 radical (unpaired) electrons. The molecule has 0 unspecified atom stereocenters. The molecule has 0 bridgehead atoms. The molecule has 11 nitrogen and oxygen atoms in total. The molecule has 2 aliphatic rings. The molecule has 0 atom stereocenters. The number of sulfonamides is 4. The minimum atomic E-state index is -4.54. The van der Waals surface area contributed by atoms with Gasteiger partial charge in [-0.2, -0.15) is 0 Å². The van der Waals surface area contributed by atoms with Gasteiger partial charge in [-0.15, -0.1) is 0 Å². The maximum atomic E-state index is 13.8. The van der Waals surface area contributed by atoms with Gasteiger partial charge < -0.3 is 14.4 Å². The summed E-state index contributed by atoms with van der Waals surface area (Å²) in [6.07, 6.45) is -2.93. The Kier molecular flexibility index (Phi) is 27.2. The van der Waals surface area contributed by atoms with Gasteiger partial charge in [-0.1, -0.05) is 29.7 Å². The summed E-state index contributed by atoms with van der Waals surface area (Å²) < 4.78 is 191. The average molecular weight is 740 g/mol. The molecule has 2 saturated heterocycles. The monoisotopic (exact) mass is 739 g/mol. The molecule has 2 rings (SSSR count). The van der Waals surface area contributed by atoms with E-state index in [1.54, 1.807) is 0 Å². The Balaban J connectivity index is -0.0000000744. The number of nitrogens with zero attached hydrogens (tertiary/aromatic N) is 2. The van der Waals surface area contributed by atoms with Gasteiger partial charge >= 0.3 is 1.43 Å². The molecule has 0 spiro atoms. The van der Waals surface area contributed by atoms with E-state index in [-0.39, 0.29) is 50.6 Å². The third kappa shape index (κ3) is 28.3. The van der Waals surface area contributed by atoms with Crippen molar-refractivity contribution in [1.82, 2.24) is 6.15 Å². The second-order valence-corrected chi connectivity index (χ2v) is 15.4. The first-order valence-electron chi connectivity index (χ1n) is 10.1. The van der Waals surface area contributed by atoms with Gasteiger partial charge in [0.25, 0.3) is 0 Å². The average Bonchev–Trinajstić information content (AvgIpc) is 2.43. The topological polar surface area (TPSA) is 201 Å². The third-order valence-electron chi connectivity index (χ3n) is 3.47. The Morgan fingerprint density at radius 3 is 0.837 bits per heavy atom. The lowest BCUT2D eigenvalue weighted by molar-refractivity contribution is -0.0298. The summed E-state index contributed by atoms with van der Waals surface area (Å²) in [4.78, 5) is 0. The summed E-state index contributed by atoms with van der Waals surface area (Å²) in [6, 6.07) is 0.